The fraction of sp³-hybridized carbons (Fsp3) is 0.176. The number of ether oxygens (including phenoxy) is 1. The number of carbonyl (C=O) groups excluding carboxylic acids is 1. The van der Waals surface area contributed by atoms with E-state index in [9.17, 15) is 14.9 Å². The van der Waals surface area contributed by atoms with Crippen LogP contribution in [0.4, 0.5) is 11.4 Å². The van der Waals surface area contributed by atoms with Crippen LogP contribution in [0.15, 0.2) is 42.5 Å². The number of nitro groups is 1. The van der Waals surface area contributed by atoms with Gasteiger partial charge in [0.2, 0.25) is 3.79 Å². The summed E-state index contributed by atoms with van der Waals surface area (Å²) in [5.41, 5.74) is 0.401. The molecule has 0 aromatic heterocycles. The van der Waals surface area contributed by atoms with E-state index >= 15 is 0 Å². The monoisotopic (exact) mass is 602 g/mol. The summed E-state index contributed by atoms with van der Waals surface area (Å²) >= 11 is 25.3. The number of nitrogens with one attached hydrogen (secondary N) is 3. The molecule has 0 aliphatic rings. The molecular weight excluding hydrogens is 590 g/mol. The maximum absolute atomic E-state index is 12.5. The zero-order chi connectivity index (χ0) is 22.5. The summed E-state index contributed by atoms with van der Waals surface area (Å²) in [5.74, 6) is -0.191. The van der Waals surface area contributed by atoms with E-state index in [0.717, 1.165) is 3.57 Å². The zero-order valence-electron chi connectivity index (χ0n) is 15.1. The molecule has 0 aliphatic carbocycles. The number of hydrogen-bond acceptors (Lipinski definition) is 5. The minimum atomic E-state index is -1.96. The maximum Gasteiger partial charge on any atom is 0.271 e. The van der Waals surface area contributed by atoms with Crippen molar-refractivity contribution in [1.82, 2.24) is 10.6 Å². The smallest absolute Gasteiger partial charge is 0.271 e. The molecule has 0 fully saturated rings. The number of non-ortho nitro benzene ring substituents is 1. The van der Waals surface area contributed by atoms with E-state index in [-0.39, 0.29) is 16.5 Å². The molecule has 13 heteroatoms. The lowest BCUT2D eigenvalue weighted by Crippen LogP contribution is -2.56. The van der Waals surface area contributed by atoms with E-state index < -0.39 is 20.8 Å². The molecule has 2 aromatic carbocycles. The van der Waals surface area contributed by atoms with Gasteiger partial charge in [0, 0.05) is 21.3 Å². The first-order valence-electron chi connectivity index (χ1n) is 8.04. The highest BCUT2D eigenvalue weighted by Gasteiger charge is 2.35. The van der Waals surface area contributed by atoms with Crippen molar-refractivity contribution in [3.05, 3.63) is 61.7 Å². The van der Waals surface area contributed by atoms with Crippen LogP contribution in [0.2, 0.25) is 0 Å². The zero-order valence-corrected chi connectivity index (χ0v) is 20.4. The van der Waals surface area contributed by atoms with Crippen LogP contribution in [-0.2, 0) is 0 Å². The molecule has 0 radical (unpaired) electrons. The van der Waals surface area contributed by atoms with Gasteiger partial charge in [0.1, 0.15) is 11.9 Å². The molecule has 8 nitrogen and oxygen atoms in total. The van der Waals surface area contributed by atoms with Gasteiger partial charge in [0.25, 0.3) is 11.6 Å². The average molecular weight is 604 g/mol. The lowest BCUT2D eigenvalue weighted by atomic mass is 10.2. The van der Waals surface area contributed by atoms with Crippen LogP contribution in [0.5, 0.6) is 5.75 Å². The van der Waals surface area contributed by atoms with E-state index in [0.29, 0.717) is 11.3 Å². The van der Waals surface area contributed by atoms with E-state index in [4.69, 9.17) is 51.8 Å². The van der Waals surface area contributed by atoms with Crippen molar-refractivity contribution in [1.29, 1.82) is 0 Å². The largest absolute Gasteiger partial charge is 0.495 e. The van der Waals surface area contributed by atoms with Crippen molar-refractivity contribution in [3.63, 3.8) is 0 Å². The van der Waals surface area contributed by atoms with Crippen molar-refractivity contribution < 1.29 is 14.5 Å². The number of rotatable bonds is 6. The van der Waals surface area contributed by atoms with Gasteiger partial charge in [-0.25, -0.2) is 0 Å². The Balaban J connectivity index is 2.16. The van der Waals surface area contributed by atoms with E-state index in [1.807, 2.05) is 0 Å². The first-order chi connectivity index (χ1) is 14.0. The van der Waals surface area contributed by atoms with Gasteiger partial charge in [0.05, 0.1) is 17.7 Å². The highest BCUT2D eigenvalue weighted by atomic mass is 127. The van der Waals surface area contributed by atoms with Gasteiger partial charge in [-0.1, -0.05) is 34.8 Å². The number of nitrogens with zero attached hydrogens (tertiary/aromatic N) is 1. The third-order valence-corrected chi connectivity index (χ3v) is 5.22. The Morgan fingerprint density at radius 2 is 1.83 bits per heavy atom. The second-order valence-corrected chi connectivity index (χ2v) is 9.72. The Hall–Kier alpha value is -1.60. The van der Waals surface area contributed by atoms with Gasteiger partial charge in [0.15, 0.2) is 5.11 Å². The molecule has 160 valence electrons. The van der Waals surface area contributed by atoms with Gasteiger partial charge in [-0.15, -0.1) is 0 Å². The van der Waals surface area contributed by atoms with Gasteiger partial charge in [-0.2, -0.15) is 0 Å². The van der Waals surface area contributed by atoms with E-state index in [1.165, 1.54) is 25.3 Å². The van der Waals surface area contributed by atoms with E-state index in [2.05, 4.69) is 38.5 Å². The summed E-state index contributed by atoms with van der Waals surface area (Å²) in [4.78, 5) is 22.9. The van der Waals surface area contributed by atoms with Crippen molar-refractivity contribution in [2.24, 2.45) is 0 Å². The third-order valence-electron chi connectivity index (χ3n) is 3.63. The molecule has 2 aromatic rings. The molecule has 3 N–H and O–H groups in total. The summed E-state index contributed by atoms with van der Waals surface area (Å²) < 4.78 is 4.16. The third kappa shape index (κ3) is 6.98. The number of alkyl halides is 3. The number of halogens is 4. The molecule has 0 bridgehead atoms. The van der Waals surface area contributed by atoms with Crippen LogP contribution in [-0.4, -0.2) is 33.0 Å². The number of thiocarbonyl (C=S) groups is 1. The lowest BCUT2D eigenvalue weighted by molar-refractivity contribution is -0.384. The number of methoxy groups -OCH3 is 1. The summed E-state index contributed by atoms with van der Waals surface area (Å²) in [6.45, 7) is 0. The predicted molar refractivity (Wildman–Crippen MR) is 130 cm³/mol. The number of amides is 1. The van der Waals surface area contributed by atoms with Gasteiger partial charge in [-0.05, 0) is 65.1 Å². The lowest BCUT2D eigenvalue weighted by Gasteiger charge is -2.28. The van der Waals surface area contributed by atoms with Crippen molar-refractivity contribution in [2.45, 2.75) is 9.96 Å². The molecule has 30 heavy (non-hydrogen) atoms. The molecule has 0 aliphatic heterocycles. The van der Waals surface area contributed by atoms with Gasteiger partial charge >= 0.3 is 0 Å². The SMILES string of the molecule is COc1ccc([N+](=O)[O-])cc1NC(=S)N[C@@H](NC(=O)c1ccc(I)cc1)C(Cl)(Cl)Cl. The van der Waals surface area contributed by atoms with Crippen molar-refractivity contribution in [3.8, 4) is 5.75 Å². The number of hydrogen-bond donors (Lipinski definition) is 3. The Kier molecular flexibility index (Phi) is 8.73. The Morgan fingerprint density at radius 1 is 1.20 bits per heavy atom. The number of benzene rings is 2. The van der Waals surface area contributed by atoms with Crippen LogP contribution < -0.4 is 20.7 Å². The topological polar surface area (TPSA) is 106 Å². The van der Waals surface area contributed by atoms with E-state index in [1.54, 1.807) is 24.3 Å². The summed E-state index contributed by atoms with van der Waals surface area (Å²) in [6.07, 6.45) is -1.21. The molecule has 0 saturated carbocycles. The average Bonchev–Trinajstić information content (AvgIpc) is 2.67. The Bertz CT molecular complexity index is 957. The first kappa shape index (κ1) is 24.7. The molecular formula is C17H14Cl3IN4O4S. The second-order valence-electron chi connectivity index (χ2n) is 5.70. The molecule has 0 spiro atoms. The Labute approximate surface area is 205 Å². The minimum absolute atomic E-state index is 0.0620. The molecule has 0 unspecified atom stereocenters. The van der Waals surface area contributed by atoms with Crippen molar-refractivity contribution in [2.75, 3.05) is 12.4 Å². The molecule has 1 atom stereocenters. The molecule has 1 amide bonds. The normalized spacial score (nSPS) is 11.9. The standard InChI is InChI=1S/C17H14Cl3IN4O4S/c1-29-13-7-6-11(25(27)28)8-12(13)22-16(30)24-15(17(18,19)20)23-14(26)9-2-4-10(21)5-3-9/h2-8,15H,1H3,(H,23,26)(H2,22,24,30)/t15-/m1/s1. The minimum Gasteiger partial charge on any atom is -0.495 e. The highest BCUT2D eigenvalue weighted by Crippen LogP contribution is 2.31. The number of nitro benzene ring substituents is 1. The first-order valence-corrected chi connectivity index (χ1v) is 10.7. The fourth-order valence-corrected chi connectivity index (χ4v) is 3.13. The Morgan fingerprint density at radius 3 is 2.37 bits per heavy atom. The van der Waals surface area contributed by atoms with Gasteiger partial charge in [-0.3, -0.25) is 14.9 Å². The number of anilines is 1. The molecule has 2 rings (SSSR count). The quantitative estimate of drug-likeness (QED) is 0.111. The molecule has 0 saturated heterocycles. The number of carbonyl (C=O) groups is 1. The predicted octanol–water partition coefficient (Wildman–Crippen LogP) is 4.62. The maximum atomic E-state index is 12.5. The van der Waals surface area contributed by atoms with Crippen LogP contribution in [0, 0.1) is 13.7 Å². The van der Waals surface area contributed by atoms with Gasteiger partial charge < -0.3 is 20.7 Å². The second kappa shape index (κ2) is 10.6. The highest BCUT2D eigenvalue weighted by molar-refractivity contribution is 14.1. The van der Waals surface area contributed by atoms with Crippen LogP contribution >= 0.6 is 69.6 Å². The van der Waals surface area contributed by atoms with Crippen LogP contribution in [0.25, 0.3) is 0 Å². The van der Waals surface area contributed by atoms with Crippen LogP contribution in [0.3, 0.4) is 0 Å². The molecule has 0 heterocycles. The fourth-order valence-electron chi connectivity index (χ4n) is 2.21. The summed E-state index contributed by atoms with van der Waals surface area (Å²) in [6, 6.07) is 10.7. The van der Waals surface area contributed by atoms with Crippen molar-refractivity contribution >= 4 is 92.0 Å². The summed E-state index contributed by atoms with van der Waals surface area (Å²) in [7, 11) is 1.40. The van der Waals surface area contributed by atoms with Crippen LogP contribution in [0.1, 0.15) is 10.4 Å². The summed E-state index contributed by atoms with van der Waals surface area (Å²) in [5, 5.41) is 18.9.